The zero-order valence-corrected chi connectivity index (χ0v) is 14.8. The molecule has 0 spiro atoms. The van der Waals surface area contributed by atoms with E-state index in [1.165, 1.54) is 6.07 Å². The van der Waals surface area contributed by atoms with E-state index < -0.39 is 4.92 Å². The normalized spacial score (nSPS) is 10.6. The van der Waals surface area contributed by atoms with Crippen LogP contribution in [0.2, 0.25) is 0 Å². The first-order valence-corrected chi connectivity index (χ1v) is 8.61. The van der Waals surface area contributed by atoms with Crippen LogP contribution >= 0.6 is 0 Å². The van der Waals surface area contributed by atoms with Crippen molar-refractivity contribution >= 4 is 11.5 Å². The first-order chi connectivity index (χ1) is 13.7. The average Bonchev–Trinajstić information content (AvgIpc) is 3.27. The van der Waals surface area contributed by atoms with Crippen molar-refractivity contribution in [3.8, 4) is 17.1 Å². The van der Waals surface area contributed by atoms with Crippen molar-refractivity contribution in [1.82, 2.24) is 19.7 Å². The van der Waals surface area contributed by atoms with Gasteiger partial charge >= 0.3 is 0 Å². The summed E-state index contributed by atoms with van der Waals surface area (Å²) in [5.74, 6) is 1.25. The van der Waals surface area contributed by atoms with Crippen molar-refractivity contribution in [2.24, 2.45) is 0 Å². The maximum absolute atomic E-state index is 11.4. The lowest BCUT2D eigenvalue weighted by Gasteiger charge is -2.11. The van der Waals surface area contributed by atoms with E-state index in [2.05, 4.69) is 20.4 Å². The second kappa shape index (κ2) is 7.67. The summed E-state index contributed by atoms with van der Waals surface area (Å²) in [7, 11) is 0. The lowest BCUT2D eigenvalue weighted by atomic mass is 10.1. The molecule has 8 heteroatoms. The number of nitrogens with zero attached hydrogens (tertiary/aromatic N) is 5. The highest BCUT2D eigenvalue weighted by atomic mass is 16.6. The van der Waals surface area contributed by atoms with E-state index in [4.69, 9.17) is 0 Å². The number of nitrogens with one attached hydrogen (secondary N) is 1. The molecule has 0 radical (unpaired) electrons. The fourth-order valence-electron chi connectivity index (χ4n) is 2.86. The van der Waals surface area contributed by atoms with Crippen molar-refractivity contribution in [3.05, 3.63) is 94.9 Å². The Morgan fingerprint density at radius 3 is 2.61 bits per heavy atom. The van der Waals surface area contributed by atoms with Crippen molar-refractivity contribution in [3.63, 3.8) is 0 Å². The molecule has 3 aromatic heterocycles. The zero-order valence-electron chi connectivity index (χ0n) is 14.8. The second-order valence-electron chi connectivity index (χ2n) is 5.98. The molecule has 3 heterocycles. The number of anilines is 1. The van der Waals surface area contributed by atoms with E-state index in [0.717, 1.165) is 5.56 Å². The Morgan fingerprint density at radius 1 is 1.00 bits per heavy atom. The van der Waals surface area contributed by atoms with E-state index in [9.17, 15) is 10.1 Å². The van der Waals surface area contributed by atoms with Crippen LogP contribution in [0, 0.1) is 10.1 Å². The van der Waals surface area contributed by atoms with Crippen LogP contribution < -0.4 is 5.32 Å². The van der Waals surface area contributed by atoms with Gasteiger partial charge in [0.1, 0.15) is 5.82 Å². The predicted octanol–water partition coefficient (Wildman–Crippen LogP) is 3.85. The first kappa shape index (κ1) is 17.3. The van der Waals surface area contributed by atoms with Crippen molar-refractivity contribution in [2.45, 2.75) is 6.54 Å². The summed E-state index contributed by atoms with van der Waals surface area (Å²) < 4.78 is 1.69. The highest BCUT2D eigenvalue weighted by molar-refractivity contribution is 5.71. The van der Waals surface area contributed by atoms with Crippen molar-refractivity contribution < 1.29 is 4.92 Å². The molecule has 138 valence electrons. The Labute approximate surface area is 160 Å². The highest BCUT2D eigenvalue weighted by Crippen LogP contribution is 2.29. The van der Waals surface area contributed by atoms with Gasteiger partial charge in [-0.15, -0.1) is 0 Å². The average molecular weight is 372 g/mol. The molecule has 1 aromatic carbocycles. The molecule has 0 aliphatic carbocycles. The van der Waals surface area contributed by atoms with Gasteiger partial charge in [-0.2, -0.15) is 5.10 Å². The minimum Gasteiger partial charge on any atom is -0.366 e. The zero-order chi connectivity index (χ0) is 19.3. The molecule has 0 atom stereocenters. The van der Waals surface area contributed by atoms with E-state index in [1.54, 1.807) is 35.3 Å². The third-order valence-corrected chi connectivity index (χ3v) is 4.17. The Morgan fingerprint density at radius 2 is 1.86 bits per heavy atom. The molecule has 1 N–H and O–H groups in total. The fourth-order valence-corrected chi connectivity index (χ4v) is 2.86. The molecular weight excluding hydrogens is 356 g/mol. The lowest BCUT2D eigenvalue weighted by molar-refractivity contribution is -0.384. The molecule has 0 aliphatic heterocycles. The fraction of sp³-hybridized carbons (Fsp3) is 0.0500. The third kappa shape index (κ3) is 3.56. The molecular formula is C20H16N6O2. The van der Waals surface area contributed by atoms with Crippen LogP contribution in [0.25, 0.3) is 17.1 Å². The number of rotatable bonds is 6. The van der Waals surface area contributed by atoms with Gasteiger partial charge in [-0.1, -0.05) is 36.4 Å². The van der Waals surface area contributed by atoms with Gasteiger partial charge < -0.3 is 5.32 Å². The van der Waals surface area contributed by atoms with Gasteiger partial charge in [0.25, 0.3) is 5.69 Å². The number of pyridine rings is 2. The van der Waals surface area contributed by atoms with Gasteiger partial charge in [0.05, 0.1) is 4.92 Å². The summed E-state index contributed by atoms with van der Waals surface area (Å²) in [6.07, 6.45) is 5.22. The van der Waals surface area contributed by atoms with Gasteiger partial charge in [-0.3, -0.25) is 10.1 Å². The van der Waals surface area contributed by atoms with Gasteiger partial charge in [-0.05, 0) is 18.2 Å². The molecule has 0 amide bonds. The molecule has 0 saturated heterocycles. The van der Waals surface area contributed by atoms with Crippen LogP contribution in [0.15, 0.2) is 79.3 Å². The van der Waals surface area contributed by atoms with E-state index in [1.807, 2.05) is 42.6 Å². The molecule has 0 fully saturated rings. The Hall–Kier alpha value is -4.07. The van der Waals surface area contributed by atoms with Crippen LogP contribution in [0.1, 0.15) is 5.56 Å². The predicted molar refractivity (Wildman–Crippen MR) is 105 cm³/mol. The summed E-state index contributed by atoms with van der Waals surface area (Å²) in [5, 5.41) is 18.8. The van der Waals surface area contributed by atoms with Crippen molar-refractivity contribution in [1.29, 1.82) is 0 Å². The molecule has 4 aromatic rings. The molecule has 0 bridgehead atoms. The molecule has 4 rings (SSSR count). The quantitative estimate of drug-likeness (QED) is 0.408. The van der Waals surface area contributed by atoms with Crippen molar-refractivity contribution in [2.75, 3.05) is 5.32 Å². The molecule has 0 saturated carbocycles. The minimum absolute atomic E-state index is 0.0321. The number of hydrogen-bond donors (Lipinski definition) is 1. The Bertz CT molecular complexity index is 1100. The van der Waals surface area contributed by atoms with Gasteiger partial charge in [0.15, 0.2) is 11.5 Å². The topological polar surface area (TPSA) is 98.8 Å². The molecule has 8 nitrogen and oxygen atoms in total. The Balaban J connectivity index is 1.63. The molecule has 0 aliphatic rings. The van der Waals surface area contributed by atoms with E-state index in [0.29, 0.717) is 29.4 Å². The van der Waals surface area contributed by atoms with E-state index in [-0.39, 0.29) is 5.69 Å². The maximum Gasteiger partial charge on any atom is 0.295 e. The lowest BCUT2D eigenvalue weighted by Crippen LogP contribution is -2.08. The number of nitro groups is 1. The minimum atomic E-state index is -0.421. The van der Waals surface area contributed by atoms with E-state index >= 15 is 0 Å². The van der Waals surface area contributed by atoms with Crippen LogP contribution in [0.5, 0.6) is 0 Å². The van der Waals surface area contributed by atoms with Crippen LogP contribution in [0.4, 0.5) is 11.5 Å². The number of benzene rings is 1. The third-order valence-electron chi connectivity index (χ3n) is 4.17. The number of hydrogen-bond acceptors (Lipinski definition) is 6. The van der Waals surface area contributed by atoms with Crippen LogP contribution in [-0.2, 0) is 6.54 Å². The maximum atomic E-state index is 11.4. The first-order valence-electron chi connectivity index (χ1n) is 8.61. The van der Waals surface area contributed by atoms with Gasteiger partial charge in [0.2, 0.25) is 0 Å². The number of aromatic nitrogens is 4. The summed E-state index contributed by atoms with van der Waals surface area (Å²) in [6.45, 7) is 0.447. The Kier molecular flexibility index (Phi) is 4.75. The standard InChI is InChI=1S/C20H16N6O2/c27-26(28)17-9-10-18(24-19(17)15-6-2-1-3-7-15)22-14-16-8-4-11-21-20(16)25-13-5-12-23-25/h1-13H,14H2,(H,22,24). The summed E-state index contributed by atoms with van der Waals surface area (Å²) in [5.41, 5.74) is 1.91. The summed E-state index contributed by atoms with van der Waals surface area (Å²) in [6, 6.07) is 17.8. The molecule has 28 heavy (non-hydrogen) atoms. The van der Waals surface area contributed by atoms with Crippen LogP contribution in [-0.4, -0.2) is 24.7 Å². The SMILES string of the molecule is O=[N+]([O-])c1ccc(NCc2cccnc2-n2cccn2)nc1-c1ccccc1. The molecule has 0 unspecified atom stereocenters. The second-order valence-corrected chi connectivity index (χ2v) is 5.98. The van der Waals surface area contributed by atoms with Crippen LogP contribution in [0.3, 0.4) is 0 Å². The summed E-state index contributed by atoms with van der Waals surface area (Å²) >= 11 is 0. The van der Waals surface area contributed by atoms with Gasteiger partial charge in [0, 0.05) is 42.3 Å². The van der Waals surface area contributed by atoms with Gasteiger partial charge in [-0.25, -0.2) is 14.6 Å². The summed E-state index contributed by atoms with van der Waals surface area (Å²) in [4.78, 5) is 19.8. The monoisotopic (exact) mass is 372 g/mol. The smallest absolute Gasteiger partial charge is 0.295 e. The highest BCUT2D eigenvalue weighted by Gasteiger charge is 2.17. The largest absolute Gasteiger partial charge is 0.366 e.